The van der Waals surface area contributed by atoms with Gasteiger partial charge in [-0.05, 0) is 42.6 Å². The molecule has 20 heavy (non-hydrogen) atoms. The summed E-state index contributed by atoms with van der Waals surface area (Å²) in [5, 5.41) is 5.34. The Bertz CT molecular complexity index is 580. The van der Waals surface area contributed by atoms with Crippen molar-refractivity contribution in [3.63, 3.8) is 0 Å². The number of hydrogen-bond donors (Lipinski definition) is 2. The third kappa shape index (κ3) is 3.58. The van der Waals surface area contributed by atoms with Crippen LogP contribution in [0.5, 0.6) is 0 Å². The molecule has 3 N–H and O–H groups in total. The fraction of sp³-hybridized carbons (Fsp3) is 0.353. The van der Waals surface area contributed by atoms with Crippen molar-refractivity contribution >= 4 is 16.7 Å². The molecule has 0 spiro atoms. The van der Waals surface area contributed by atoms with Crippen LogP contribution >= 0.6 is 0 Å². The predicted octanol–water partition coefficient (Wildman–Crippen LogP) is 2.80. The third-order valence-corrected chi connectivity index (χ3v) is 3.60. The number of nitrogens with one attached hydrogen (secondary N) is 1. The van der Waals surface area contributed by atoms with Crippen molar-refractivity contribution in [1.29, 1.82) is 0 Å². The zero-order valence-corrected chi connectivity index (χ0v) is 11.9. The smallest absolute Gasteiger partial charge is 0.227 e. The molecule has 2 aromatic carbocycles. The first-order chi connectivity index (χ1) is 9.72. The number of rotatable bonds is 6. The molecular weight excluding hydrogens is 248 g/mol. The van der Waals surface area contributed by atoms with Gasteiger partial charge in [-0.25, -0.2) is 0 Å². The second-order valence-electron chi connectivity index (χ2n) is 5.12. The van der Waals surface area contributed by atoms with E-state index in [0.29, 0.717) is 13.1 Å². The molecule has 1 amide bonds. The molecule has 0 aliphatic carbocycles. The maximum atomic E-state index is 12.1. The van der Waals surface area contributed by atoms with E-state index in [9.17, 15) is 4.79 Å². The zero-order chi connectivity index (χ0) is 14.4. The summed E-state index contributed by atoms with van der Waals surface area (Å²) in [7, 11) is 0. The molecule has 0 aliphatic rings. The number of unbranched alkanes of at least 4 members (excludes halogenated alkanes) is 1. The molecule has 2 rings (SSSR count). The van der Waals surface area contributed by atoms with Gasteiger partial charge < -0.3 is 11.1 Å². The van der Waals surface area contributed by atoms with E-state index in [1.54, 1.807) is 0 Å². The van der Waals surface area contributed by atoms with Crippen LogP contribution in [0.2, 0.25) is 0 Å². The Kier molecular flexibility index (Phi) is 5.13. The van der Waals surface area contributed by atoms with Gasteiger partial charge in [-0.3, -0.25) is 4.79 Å². The summed E-state index contributed by atoms with van der Waals surface area (Å²) in [4.78, 5) is 12.1. The average Bonchev–Trinajstić information content (AvgIpc) is 2.50. The second-order valence-corrected chi connectivity index (χ2v) is 5.12. The van der Waals surface area contributed by atoms with Crippen molar-refractivity contribution in [3.8, 4) is 0 Å². The predicted molar refractivity (Wildman–Crippen MR) is 83.7 cm³/mol. The van der Waals surface area contributed by atoms with Gasteiger partial charge in [0, 0.05) is 6.54 Å². The summed E-state index contributed by atoms with van der Waals surface area (Å²) >= 11 is 0. The number of hydrogen-bond acceptors (Lipinski definition) is 2. The van der Waals surface area contributed by atoms with E-state index in [4.69, 9.17) is 5.73 Å². The minimum atomic E-state index is -0.127. The molecule has 0 saturated carbocycles. The van der Waals surface area contributed by atoms with E-state index >= 15 is 0 Å². The van der Waals surface area contributed by atoms with Gasteiger partial charge in [0.1, 0.15) is 0 Å². The van der Waals surface area contributed by atoms with Gasteiger partial charge in [0.2, 0.25) is 5.91 Å². The fourth-order valence-corrected chi connectivity index (χ4v) is 2.26. The molecule has 1 unspecified atom stereocenters. The van der Waals surface area contributed by atoms with Crippen LogP contribution in [0.3, 0.4) is 0 Å². The van der Waals surface area contributed by atoms with Crippen LogP contribution in [0, 0.1) is 0 Å². The van der Waals surface area contributed by atoms with Crippen molar-refractivity contribution in [3.05, 3.63) is 48.0 Å². The van der Waals surface area contributed by atoms with E-state index < -0.39 is 0 Å². The first-order valence-electron chi connectivity index (χ1n) is 7.19. The van der Waals surface area contributed by atoms with Crippen molar-refractivity contribution in [2.45, 2.75) is 25.7 Å². The lowest BCUT2D eigenvalue weighted by atomic mass is 9.97. The third-order valence-electron chi connectivity index (χ3n) is 3.60. The Morgan fingerprint density at radius 2 is 1.90 bits per heavy atom. The van der Waals surface area contributed by atoms with Crippen molar-refractivity contribution in [2.24, 2.45) is 5.73 Å². The Balaban J connectivity index is 2.02. The minimum Gasteiger partial charge on any atom is -0.356 e. The average molecular weight is 270 g/mol. The number of carbonyl (C=O) groups excluding carboxylic acids is 1. The summed E-state index contributed by atoms with van der Waals surface area (Å²) in [6, 6.07) is 14.4. The van der Waals surface area contributed by atoms with Crippen LogP contribution in [-0.4, -0.2) is 19.0 Å². The lowest BCUT2D eigenvalue weighted by Crippen LogP contribution is -2.29. The second kappa shape index (κ2) is 7.06. The van der Waals surface area contributed by atoms with Crippen LogP contribution in [0.25, 0.3) is 10.8 Å². The van der Waals surface area contributed by atoms with Crippen LogP contribution in [0.1, 0.15) is 31.2 Å². The standard InChI is InChI=1S/C17H22N2O/c1-13(17(20)19-11-5-4-10-18)15-9-8-14-6-2-3-7-16(14)12-15/h2-3,6-9,12-13H,4-5,10-11,18H2,1H3,(H,19,20). The fourth-order valence-electron chi connectivity index (χ4n) is 2.26. The van der Waals surface area contributed by atoms with Crippen molar-refractivity contribution in [1.82, 2.24) is 5.32 Å². The quantitative estimate of drug-likeness (QED) is 0.793. The minimum absolute atomic E-state index is 0.0808. The van der Waals surface area contributed by atoms with Crippen molar-refractivity contribution < 1.29 is 4.79 Å². The molecule has 1 atom stereocenters. The van der Waals surface area contributed by atoms with Gasteiger partial charge in [0.25, 0.3) is 0 Å². The van der Waals surface area contributed by atoms with E-state index in [2.05, 4.69) is 29.6 Å². The summed E-state index contributed by atoms with van der Waals surface area (Å²) in [6.07, 6.45) is 1.89. The topological polar surface area (TPSA) is 55.1 Å². The highest BCUT2D eigenvalue weighted by atomic mass is 16.1. The van der Waals surface area contributed by atoms with E-state index in [-0.39, 0.29) is 11.8 Å². The monoisotopic (exact) mass is 270 g/mol. The molecular formula is C17H22N2O. The zero-order valence-electron chi connectivity index (χ0n) is 11.9. The molecule has 0 radical (unpaired) electrons. The molecule has 2 aromatic rings. The van der Waals surface area contributed by atoms with Crippen molar-refractivity contribution in [2.75, 3.05) is 13.1 Å². The number of amides is 1. The Labute approximate surface area is 120 Å². The maximum absolute atomic E-state index is 12.1. The summed E-state index contributed by atoms with van der Waals surface area (Å²) in [5.41, 5.74) is 6.49. The Morgan fingerprint density at radius 1 is 1.15 bits per heavy atom. The largest absolute Gasteiger partial charge is 0.356 e. The Morgan fingerprint density at radius 3 is 2.65 bits per heavy atom. The number of fused-ring (bicyclic) bond motifs is 1. The molecule has 3 nitrogen and oxygen atoms in total. The highest BCUT2D eigenvalue weighted by Gasteiger charge is 2.14. The normalized spacial score (nSPS) is 12.3. The van der Waals surface area contributed by atoms with Crippen LogP contribution < -0.4 is 11.1 Å². The molecule has 0 bridgehead atoms. The lowest BCUT2D eigenvalue weighted by Gasteiger charge is -2.13. The van der Waals surface area contributed by atoms with Crippen LogP contribution in [0.15, 0.2) is 42.5 Å². The summed E-state index contributed by atoms with van der Waals surface area (Å²) < 4.78 is 0. The van der Waals surface area contributed by atoms with Gasteiger partial charge in [-0.2, -0.15) is 0 Å². The molecule has 0 aliphatic heterocycles. The SMILES string of the molecule is CC(C(=O)NCCCCN)c1ccc2ccccc2c1. The summed E-state index contributed by atoms with van der Waals surface area (Å²) in [5.74, 6) is -0.0465. The lowest BCUT2D eigenvalue weighted by molar-refractivity contribution is -0.122. The van der Waals surface area contributed by atoms with Gasteiger partial charge in [-0.15, -0.1) is 0 Å². The molecule has 3 heteroatoms. The number of nitrogens with two attached hydrogens (primary N) is 1. The maximum Gasteiger partial charge on any atom is 0.227 e. The highest BCUT2D eigenvalue weighted by molar-refractivity contribution is 5.87. The van der Waals surface area contributed by atoms with Crippen LogP contribution in [0.4, 0.5) is 0 Å². The van der Waals surface area contributed by atoms with E-state index in [1.165, 1.54) is 10.8 Å². The first-order valence-corrected chi connectivity index (χ1v) is 7.19. The number of carbonyl (C=O) groups is 1. The highest BCUT2D eigenvalue weighted by Crippen LogP contribution is 2.21. The first kappa shape index (κ1) is 14.5. The molecule has 0 heterocycles. The van der Waals surface area contributed by atoms with Crippen LogP contribution in [-0.2, 0) is 4.79 Å². The van der Waals surface area contributed by atoms with E-state index in [0.717, 1.165) is 18.4 Å². The van der Waals surface area contributed by atoms with Gasteiger partial charge >= 0.3 is 0 Å². The molecule has 0 saturated heterocycles. The van der Waals surface area contributed by atoms with E-state index in [1.807, 2.05) is 25.1 Å². The molecule has 0 aromatic heterocycles. The van der Waals surface area contributed by atoms with Gasteiger partial charge in [-0.1, -0.05) is 42.5 Å². The summed E-state index contributed by atoms with van der Waals surface area (Å²) in [6.45, 7) is 3.33. The van der Waals surface area contributed by atoms with Gasteiger partial charge in [0.05, 0.1) is 5.92 Å². The number of benzene rings is 2. The Hall–Kier alpha value is -1.87. The molecule has 0 fully saturated rings. The molecule has 106 valence electrons. The van der Waals surface area contributed by atoms with Gasteiger partial charge in [0.15, 0.2) is 0 Å².